The smallest absolute Gasteiger partial charge is 0.335 e. The van der Waals surface area contributed by atoms with E-state index in [0.717, 1.165) is 44.9 Å². The van der Waals surface area contributed by atoms with Gasteiger partial charge < -0.3 is 9.84 Å². The summed E-state index contributed by atoms with van der Waals surface area (Å²) in [5.41, 5.74) is 0.895. The van der Waals surface area contributed by atoms with Gasteiger partial charge in [-0.2, -0.15) is 5.26 Å². The molecule has 0 aliphatic heterocycles. The zero-order chi connectivity index (χ0) is 23.4. The Morgan fingerprint density at radius 2 is 1.94 bits per heavy atom. The Balaban J connectivity index is 1.54. The Hall–Kier alpha value is -2.76. The van der Waals surface area contributed by atoms with Crippen molar-refractivity contribution in [2.75, 3.05) is 4.72 Å². The predicted octanol–water partition coefficient (Wildman–Crippen LogP) is 5.30. The van der Waals surface area contributed by atoms with E-state index in [1.54, 1.807) is 6.07 Å². The van der Waals surface area contributed by atoms with Gasteiger partial charge in [0.2, 0.25) is 0 Å². The van der Waals surface area contributed by atoms with Gasteiger partial charge >= 0.3 is 5.97 Å². The van der Waals surface area contributed by atoms with Crippen molar-refractivity contribution in [1.29, 1.82) is 5.26 Å². The van der Waals surface area contributed by atoms with Crippen LogP contribution in [0.15, 0.2) is 35.2 Å². The first kappa shape index (κ1) is 22.1. The van der Waals surface area contributed by atoms with Crippen LogP contribution in [0, 0.1) is 16.7 Å². The number of hydrogen-bond donors (Lipinski definition) is 2. The first-order valence-corrected chi connectivity index (χ1v) is 12.9. The summed E-state index contributed by atoms with van der Waals surface area (Å²) in [6, 6.07) is 9.03. The number of carbonyl (C=O) groups is 1. The van der Waals surface area contributed by atoms with Crippen molar-refractivity contribution in [2.45, 2.75) is 61.9 Å². The molecule has 2 aromatic carbocycles. The normalized spacial score (nSPS) is 20.9. The van der Waals surface area contributed by atoms with E-state index in [2.05, 4.69) is 4.72 Å². The van der Waals surface area contributed by atoms with E-state index in [-0.39, 0.29) is 49.9 Å². The number of nitrogens with zero attached hydrogens (tertiary/aromatic N) is 1. The van der Waals surface area contributed by atoms with Gasteiger partial charge in [-0.05, 0) is 74.6 Å². The highest BCUT2D eigenvalue weighted by atomic mass is 35.5. The quantitative estimate of drug-likeness (QED) is 0.548. The molecule has 2 aromatic rings. The van der Waals surface area contributed by atoms with Gasteiger partial charge in [0.25, 0.3) is 10.0 Å². The number of halogens is 1. The van der Waals surface area contributed by atoms with Gasteiger partial charge in [0, 0.05) is 11.5 Å². The van der Waals surface area contributed by atoms with Crippen LogP contribution in [0.2, 0.25) is 5.02 Å². The van der Waals surface area contributed by atoms with E-state index in [4.69, 9.17) is 16.3 Å². The average molecular weight is 487 g/mol. The number of nitrogens with one attached hydrogen (secondary N) is 1. The molecular weight excluding hydrogens is 464 g/mol. The van der Waals surface area contributed by atoms with Crippen molar-refractivity contribution < 1.29 is 23.1 Å². The molecular formula is C24H23ClN2O5S. The van der Waals surface area contributed by atoms with Gasteiger partial charge in [0.1, 0.15) is 17.9 Å². The molecule has 7 nitrogen and oxygen atoms in total. The zero-order valence-electron chi connectivity index (χ0n) is 17.8. The molecule has 0 aromatic heterocycles. The number of hydrogen-bond acceptors (Lipinski definition) is 5. The summed E-state index contributed by atoms with van der Waals surface area (Å²) in [6.45, 7) is 0. The van der Waals surface area contributed by atoms with Crippen LogP contribution < -0.4 is 9.46 Å². The number of carboxylic acid groups (broad SMARTS) is 1. The Bertz CT molecular complexity index is 1290. The second-order valence-corrected chi connectivity index (χ2v) is 11.3. The Morgan fingerprint density at radius 1 is 1.18 bits per heavy atom. The van der Waals surface area contributed by atoms with Crippen LogP contribution in [0.1, 0.15) is 72.3 Å². The van der Waals surface area contributed by atoms with Gasteiger partial charge in [0.15, 0.2) is 0 Å². The molecule has 0 saturated heterocycles. The van der Waals surface area contributed by atoms with Gasteiger partial charge in [-0.1, -0.05) is 17.7 Å². The Kier molecular flexibility index (Phi) is 5.30. The highest BCUT2D eigenvalue weighted by molar-refractivity contribution is 7.92. The summed E-state index contributed by atoms with van der Waals surface area (Å²) in [6.07, 6.45) is 6.90. The molecule has 9 heteroatoms. The second kappa shape index (κ2) is 7.93. The lowest BCUT2D eigenvalue weighted by Gasteiger charge is -2.23. The summed E-state index contributed by atoms with van der Waals surface area (Å²) in [7, 11) is -4.16. The number of rotatable bonds is 7. The fourth-order valence-electron chi connectivity index (χ4n) is 4.83. The molecule has 172 valence electrons. The second-order valence-electron chi connectivity index (χ2n) is 9.24. The average Bonchev–Trinajstić information content (AvgIpc) is 3.69. The van der Waals surface area contributed by atoms with Gasteiger partial charge in [-0.15, -0.1) is 0 Å². The van der Waals surface area contributed by atoms with Crippen LogP contribution in [0.4, 0.5) is 5.69 Å². The summed E-state index contributed by atoms with van der Waals surface area (Å²) in [5.74, 6) is -0.835. The van der Waals surface area contributed by atoms with Crippen molar-refractivity contribution >= 4 is 33.3 Å². The zero-order valence-corrected chi connectivity index (χ0v) is 19.4. The first-order valence-electron chi connectivity index (χ1n) is 11.0. The van der Waals surface area contributed by atoms with Crippen LogP contribution in [-0.2, 0) is 10.0 Å². The fraction of sp³-hybridized carbons (Fsp3) is 0.417. The molecule has 0 amide bonds. The monoisotopic (exact) mass is 486 g/mol. The number of carboxylic acids is 1. The minimum Gasteiger partial charge on any atom is -0.488 e. The van der Waals surface area contributed by atoms with Crippen LogP contribution in [0.5, 0.6) is 5.75 Å². The van der Waals surface area contributed by atoms with Crippen LogP contribution in [0.3, 0.4) is 0 Å². The van der Waals surface area contributed by atoms with Gasteiger partial charge in [-0.3, -0.25) is 4.72 Å². The van der Waals surface area contributed by atoms with E-state index in [1.165, 1.54) is 24.3 Å². The van der Waals surface area contributed by atoms with E-state index in [9.17, 15) is 23.6 Å². The highest BCUT2D eigenvalue weighted by Gasteiger charge is 2.53. The third-order valence-electron chi connectivity index (χ3n) is 6.99. The standard InChI is InChI=1S/C24H23ClN2O5S/c25-18-12-20(32-22-2-1-7-24(22)8-9-24)19(10-16(18)13-26)27-33(30,31)21-11-15(23(28)29)5-6-17(21)14-3-4-14/h5-6,10-12,14,22,27H,1-4,7-9H2,(H,28,29). The molecule has 2 N–H and O–H groups in total. The molecule has 0 bridgehead atoms. The largest absolute Gasteiger partial charge is 0.488 e. The highest BCUT2D eigenvalue weighted by Crippen LogP contribution is 2.59. The fourth-order valence-corrected chi connectivity index (χ4v) is 6.41. The molecule has 1 spiro atoms. The van der Waals surface area contributed by atoms with Crippen molar-refractivity contribution in [3.05, 3.63) is 52.0 Å². The van der Waals surface area contributed by atoms with E-state index >= 15 is 0 Å². The number of sulfonamides is 1. The molecule has 3 aliphatic rings. The lowest BCUT2D eigenvalue weighted by Crippen LogP contribution is -2.24. The third kappa shape index (κ3) is 4.16. The molecule has 0 radical (unpaired) electrons. The SMILES string of the molecule is N#Cc1cc(NS(=O)(=O)c2cc(C(=O)O)ccc2C2CC2)c(OC2CCCC23CC3)cc1Cl. The first-order chi connectivity index (χ1) is 15.7. The summed E-state index contributed by atoms with van der Waals surface area (Å²) >= 11 is 6.25. The molecule has 0 heterocycles. The third-order valence-corrected chi connectivity index (χ3v) is 8.72. The van der Waals surface area contributed by atoms with Crippen molar-refractivity contribution in [3.8, 4) is 11.8 Å². The number of benzene rings is 2. The minimum absolute atomic E-state index is 0.0258. The van der Waals surface area contributed by atoms with Crippen LogP contribution in [-0.4, -0.2) is 25.6 Å². The van der Waals surface area contributed by atoms with Crippen molar-refractivity contribution in [3.63, 3.8) is 0 Å². The maximum absolute atomic E-state index is 13.5. The maximum Gasteiger partial charge on any atom is 0.335 e. The van der Waals surface area contributed by atoms with Gasteiger partial charge in [0.05, 0.1) is 26.7 Å². The lowest BCUT2D eigenvalue weighted by atomic mass is 10.0. The Labute approximate surface area is 197 Å². The van der Waals surface area contributed by atoms with Gasteiger partial charge in [-0.25, -0.2) is 13.2 Å². The summed E-state index contributed by atoms with van der Waals surface area (Å²) in [5, 5.41) is 19.0. The topological polar surface area (TPSA) is 116 Å². The molecule has 1 unspecified atom stereocenters. The number of ether oxygens (including phenoxy) is 1. The number of nitriles is 1. The molecule has 5 rings (SSSR count). The lowest BCUT2D eigenvalue weighted by molar-refractivity contribution is 0.0696. The molecule has 3 aliphatic carbocycles. The summed E-state index contributed by atoms with van der Waals surface area (Å²) < 4.78 is 35.8. The van der Waals surface area contributed by atoms with Crippen molar-refractivity contribution in [1.82, 2.24) is 0 Å². The number of anilines is 1. The molecule has 3 saturated carbocycles. The van der Waals surface area contributed by atoms with E-state index in [0.29, 0.717) is 5.56 Å². The Morgan fingerprint density at radius 3 is 2.58 bits per heavy atom. The van der Waals surface area contributed by atoms with E-state index in [1.807, 2.05) is 6.07 Å². The van der Waals surface area contributed by atoms with Crippen LogP contribution in [0.25, 0.3) is 0 Å². The summed E-state index contributed by atoms with van der Waals surface area (Å²) in [4.78, 5) is 11.4. The van der Waals surface area contributed by atoms with Crippen LogP contribution >= 0.6 is 11.6 Å². The molecule has 3 fully saturated rings. The maximum atomic E-state index is 13.5. The van der Waals surface area contributed by atoms with Crippen molar-refractivity contribution in [2.24, 2.45) is 5.41 Å². The molecule has 33 heavy (non-hydrogen) atoms. The molecule has 1 atom stereocenters. The minimum atomic E-state index is -4.16. The number of aromatic carboxylic acids is 1. The predicted molar refractivity (Wildman–Crippen MR) is 122 cm³/mol. The van der Waals surface area contributed by atoms with E-state index < -0.39 is 16.0 Å².